The van der Waals surface area contributed by atoms with E-state index in [1.807, 2.05) is 0 Å². The number of amides is 1. The first-order valence-corrected chi connectivity index (χ1v) is 6.83. The van der Waals surface area contributed by atoms with E-state index >= 15 is 0 Å². The molecule has 0 aliphatic heterocycles. The Labute approximate surface area is 111 Å². The molecule has 2 fully saturated rings. The zero-order valence-corrected chi connectivity index (χ0v) is 10.9. The lowest BCUT2D eigenvalue weighted by Crippen LogP contribution is -2.38. The van der Waals surface area contributed by atoms with Gasteiger partial charge in [0.1, 0.15) is 11.6 Å². The van der Waals surface area contributed by atoms with Gasteiger partial charge in [-0.2, -0.15) is 0 Å². The van der Waals surface area contributed by atoms with E-state index in [1.54, 1.807) is 7.05 Å². The zero-order valence-electron chi connectivity index (χ0n) is 10.9. The maximum atomic E-state index is 13.3. The normalized spacial score (nSPS) is 18.5. The van der Waals surface area contributed by atoms with E-state index in [9.17, 15) is 9.18 Å². The molecule has 2 aliphatic carbocycles. The SMILES string of the molecule is CNc1ncc(F)cc1C(=O)NC(C1CC1)C1CC1. The average Bonchev–Trinajstić information content (AvgIpc) is 3.29. The van der Waals surface area contributed by atoms with Gasteiger partial charge < -0.3 is 10.6 Å². The summed E-state index contributed by atoms with van der Waals surface area (Å²) in [6.45, 7) is 0. The molecule has 2 saturated carbocycles. The molecule has 1 aromatic rings. The van der Waals surface area contributed by atoms with Crippen LogP contribution in [0.2, 0.25) is 0 Å². The molecule has 19 heavy (non-hydrogen) atoms. The Bertz CT molecular complexity index is 485. The average molecular weight is 263 g/mol. The van der Waals surface area contributed by atoms with Crippen LogP contribution in [0.15, 0.2) is 12.3 Å². The molecule has 0 bridgehead atoms. The third-order valence-corrected chi connectivity index (χ3v) is 3.89. The van der Waals surface area contributed by atoms with Crippen molar-refractivity contribution in [1.29, 1.82) is 0 Å². The lowest BCUT2D eigenvalue weighted by Gasteiger charge is -2.18. The van der Waals surface area contributed by atoms with Crippen LogP contribution in [-0.4, -0.2) is 24.0 Å². The predicted molar refractivity (Wildman–Crippen MR) is 70.4 cm³/mol. The molecular formula is C14H18FN3O. The first-order chi connectivity index (χ1) is 9.19. The number of pyridine rings is 1. The Morgan fingerprint density at radius 3 is 2.53 bits per heavy atom. The van der Waals surface area contributed by atoms with E-state index in [0.717, 1.165) is 6.20 Å². The van der Waals surface area contributed by atoms with Gasteiger partial charge in [0.05, 0.1) is 11.8 Å². The van der Waals surface area contributed by atoms with Gasteiger partial charge in [0, 0.05) is 13.1 Å². The van der Waals surface area contributed by atoms with Crippen molar-refractivity contribution in [3.63, 3.8) is 0 Å². The van der Waals surface area contributed by atoms with Crippen LogP contribution in [0.1, 0.15) is 36.0 Å². The summed E-state index contributed by atoms with van der Waals surface area (Å²) in [5, 5.41) is 5.90. The molecule has 102 valence electrons. The van der Waals surface area contributed by atoms with Gasteiger partial charge in [0.25, 0.3) is 5.91 Å². The van der Waals surface area contributed by atoms with Crippen molar-refractivity contribution in [1.82, 2.24) is 10.3 Å². The highest BCUT2D eigenvalue weighted by Gasteiger charge is 2.42. The number of anilines is 1. The monoisotopic (exact) mass is 263 g/mol. The fourth-order valence-corrected chi connectivity index (χ4v) is 2.57. The van der Waals surface area contributed by atoms with Gasteiger partial charge in [-0.05, 0) is 43.6 Å². The molecule has 1 aromatic heterocycles. The summed E-state index contributed by atoms with van der Waals surface area (Å²) in [7, 11) is 1.68. The summed E-state index contributed by atoms with van der Waals surface area (Å²) in [6.07, 6.45) is 5.90. The van der Waals surface area contributed by atoms with Crippen molar-refractivity contribution in [3.05, 3.63) is 23.6 Å². The van der Waals surface area contributed by atoms with Crippen molar-refractivity contribution in [2.45, 2.75) is 31.7 Å². The largest absolute Gasteiger partial charge is 0.372 e. The molecular weight excluding hydrogens is 245 g/mol. The van der Waals surface area contributed by atoms with Crippen LogP contribution in [0.4, 0.5) is 10.2 Å². The predicted octanol–water partition coefficient (Wildman–Crippen LogP) is 2.18. The highest BCUT2D eigenvalue weighted by molar-refractivity contribution is 5.98. The van der Waals surface area contributed by atoms with Crippen molar-refractivity contribution in [3.8, 4) is 0 Å². The number of halogens is 1. The van der Waals surface area contributed by atoms with E-state index in [2.05, 4.69) is 15.6 Å². The van der Waals surface area contributed by atoms with Crippen LogP contribution < -0.4 is 10.6 Å². The van der Waals surface area contributed by atoms with Crippen molar-refractivity contribution in [2.75, 3.05) is 12.4 Å². The van der Waals surface area contributed by atoms with Crippen LogP contribution in [0, 0.1) is 17.7 Å². The molecule has 0 radical (unpaired) electrons. The minimum Gasteiger partial charge on any atom is -0.372 e. The Kier molecular flexibility index (Phi) is 3.12. The quantitative estimate of drug-likeness (QED) is 0.856. The van der Waals surface area contributed by atoms with Crippen LogP contribution in [0.25, 0.3) is 0 Å². The van der Waals surface area contributed by atoms with Crippen molar-refractivity contribution in [2.24, 2.45) is 11.8 Å². The number of carbonyl (C=O) groups is 1. The lowest BCUT2D eigenvalue weighted by atomic mass is 10.1. The Hall–Kier alpha value is -1.65. The maximum Gasteiger partial charge on any atom is 0.255 e. The minimum absolute atomic E-state index is 0.222. The summed E-state index contributed by atoms with van der Waals surface area (Å²) in [5.74, 6) is 0.954. The second kappa shape index (κ2) is 4.79. The first kappa shape index (κ1) is 12.4. The van der Waals surface area contributed by atoms with Gasteiger partial charge in [-0.15, -0.1) is 0 Å². The molecule has 2 aliphatic rings. The molecule has 3 rings (SSSR count). The van der Waals surface area contributed by atoms with Gasteiger partial charge in [0.15, 0.2) is 0 Å². The van der Waals surface area contributed by atoms with Crippen molar-refractivity contribution >= 4 is 11.7 Å². The minimum atomic E-state index is -0.487. The summed E-state index contributed by atoms with van der Waals surface area (Å²) >= 11 is 0. The number of hydrogen-bond donors (Lipinski definition) is 2. The van der Waals surface area contributed by atoms with Gasteiger partial charge in [0.2, 0.25) is 0 Å². The molecule has 0 spiro atoms. The Morgan fingerprint density at radius 2 is 2.00 bits per heavy atom. The Balaban J connectivity index is 1.77. The molecule has 2 N–H and O–H groups in total. The molecule has 0 aromatic carbocycles. The molecule has 1 heterocycles. The summed E-state index contributed by atoms with van der Waals surface area (Å²) < 4.78 is 13.3. The summed E-state index contributed by atoms with van der Waals surface area (Å²) in [4.78, 5) is 16.2. The lowest BCUT2D eigenvalue weighted by molar-refractivity contribution is 0.0926. The summed E-state index contributed by atoms with van der Waals surface area (Å²) in [6, 6.07) is 1.51. The number of aromatic nitrogens is 1. The third kappa shape index (κ3) is 2.69. The van der Waals surface area contributed by atoms with Crippen LogP contribution in [0.5, 0.6) is 0 Å². The number of nitrogens with zero attached hydrogens (tertiary/aromatic N) is 1. The van der Waals surface area contributed by atoms with Crippen LogP contribution in [0.3, 0.4) is 0 Å². The van der Waals surface area contributed by atoms with Crippen LogP contribution in [-0.2, 0) is 0 Å². The number of nitrogens with one attached hydrogen (secondary N) is 2. The second-order valence-electron chi connectivity index (χ2n) is 5.47. The fourth-order valence-electron chi connectivity index (χ4n) is 2.57. The van der Waals surface area contributed by atoms with E-state index < -0.39 is 5.82 Å². The highest BCUT2D eigenvalue weighted by Crippen LogP contribution is 2.44. The number of hydrogen-bond acceptors (Lipinski definition) is 3. The Morgan fingerprint density at radius 1 is 1.37 bits per heavy atom. The topological polar surface area (TPSA) is 54.0 Å². The zero-order chi connectivity index (χ0) is 13.4. The fraction of sp³-hybridized carbons (Fsp3) is 0.571. The summed E-state index contributed by atoms with van der Waals surface area (Å²) in [5.41, 5.74) is 0.286. The maximum absolute atomic E-state index is 13.3. The number of carbonyl (C=O) groups excluding carboxylic acids is 1. The smallest absolute Gasteiger partial charge is 0.255 e. The molecule has 0 unspecified atom stereocenters. The van der Waals surface area contributed by atoms with Gasteiger partial charge in [-0.1, -0.05) is 0 Å². The first-order valence-electron chi connectivity index (χ1n) is 6.83. The molecule has 1 amide bonds. The van der Waals surface area contributed by atoms with E-state index in [0.29, 0.717) is 17.7 Å². The highest BCUT2D eigenvalue weighted by atomic mass is 19.1. The van der Waals surface area contributed by atoms with E-state index in [1.165, 1.54) is 31.7 Å². The van der Waals surface area contributed by atoms with E-state index in [4.69, 9.17) is 0 Å². The molecule has 0 saturated heterocycles. The molecule has 0 atom stereocenters. The van der Waals surface area contributed by atoms with Gasteiger partial charge >= 0.3 is 0 Å². The van der Waals surface area contributed by atoms with Gasteiger partial charge in [-0.25, -0.2) is 9.37 Å². The third-order valence-electron chi connectivity index (χ3n) is 3.89. The van der Waals surface area contributed by atoms with Gasteiger partial charge in [-0.3, -0.25) is 4.79 Å². The molecule has 5 heteroatoms. The van der Waals surface area contributed by atoms with Crippen molar-refractivity contribution < 1.29 is 9.18 Å². The van der Waals surface area contributed by atoms with Crippen LogP contribution >= 0.6 is 0 Å². The molecule has 4 nitrogen and oxygen atoms in total. The van der Waals surface area contributed by atoms with E-state index in [-0.39, 0.29) is 17.5 Å². The number of rotatable bonds is 5. The second-order valence-corrected chi connectivity index (χ2v) is 5.47. The standard InChI is InChI=1S/C14H18FN3O/c1-16-13-11(6-10(15)7-17-13)14(19)18-12(8-2-3-8)9-4-5-9/h6-9,12H,2-5H2,1H3,(H,16,17)(H,18,19).